The third kappa shape index (κ3) is 4.31. The van der Waals surface area contributed by atoms with Crippen molar-refractivity contribution in [1.29, 1.82) is 0 Å². The van der Waals surface area contributed by atoms with E-state index >= 15 is 0 Å². The van der Waals surface area contributed by atoms with Crippen molar-refractivity contribution in [2.45, 2.75) is 44.7 Å². The molecule has 174 valence electrons. The van der Waals surface area contributed by atoms with Gasteiger partial charge in [0.15, 0.2) is 0 Å². The van der Waals surface area contributed by atoms with E-state index in [2.05, 4.69) is 10.2 Å². The number of rotatable bonds is 3. The number of amides is 2. The Labute approximate surface area is 192 Å². The van der Waals surface area contributed by atoms with Gasteiger partial charge in [-0.3, -0.25) is 19.3 Å². The minimum absolute atomic E-state index is 0.0392. The molecule has 1 aromatic heterocycles. The molecule has 5 rings (SSSR count). The van der Waals surface area contributed by atoms with E-state index in [1.54, 1.807) is 13.0 Å². The first-order valence-electron chi connectivity index (χ1n) is 11.7. The number of nitrogens with zero attached hydrogens (tertiary/aromatic N) is 3. The molecule has 0 aliphatic carbocycles. The minimum Gasteiger partial charge on any atom is -0.343 e. The minimum atomic E-state index is -0.391. The predicted octanol–water partition coefficient (Wildman–Crippen LogP) is 2.67. The summed E-state index contributed by atoms with van der Waals surface area (Å²) in [6.07, 6.45) is 2.93. The van der Waals surface area contributed by atoms with Gasteiger partial charge in [-0.2, -0.15) is 0 Å². The Hall–Kier alpha value is -3.00. The lowest BCUT2D eigenvalue weighted by molar-refractivity contribution is -0.130. The molecule has 2 aromatic rings. The Morgan fingerprint density at radius 3 is 2.42 bits per heavy atom. The monoisotopic (exact) mass is 452 g/mol. The number of piperidine rings is 2. The van der Waals surface area contributed by atoms with Crippen LogP contribution in [0.3, 0.4) is 0 Å². The molecule has 3 aliphatic heterocycles. The highest BCUT2D eigenvalue weighted by atomic mass is 19.1. The van der Waals surface area contributed by atoms with Crippen LogP contribution in [0.1, 0.15) is 48.2 Å². The molecular formula is C25H29FN4O3. The number of carbonyl (C=O) groups is 2. The van der Waals surface area contributed by atoms with E-state index in [4.69, 9.17) is 0 Å². The molecule has 0 spiro atoms. The van der Waals surface area contributed by atoms with Gasteiger partial charge in [-0.15, -0.1) is 0 Å². The van der Waals surface area contributed by atoms with Gasteiger partial charge in [0, 0.05) is 68.9 Å². The molecule has 0 radical (unpaired) electrons. The molecule has 0 unspecified atom stereocenters. The first-order chi connectivity index (χ1) is 15.9. The molecule has 2 bridgehead atoms. The normalized spacial score (nSPS) is 23.2. The van der Waals surface area contributed by atoms with Crippen molar-refractivity contribution in [3.63, 3.8) is 0 Å². The molecule has 0 saturated carbocycles. The molecule has 8 heteroatoms. The highest BCUT2D eigenvalue weighted by Crippen LogP contribution is 2.40. The van der Waals surface area contributed by atoms with Crippen LogP contribution in [0.2, 0.25) is 0 Å². The van der Waals surface area contributed by atoms with Gasteiger partial charge < -0.3 is 14.8 Å². The molecular weight excluding hydrogens is 423 g/mol. The number of hydrogen-bond donors (Lipinski definition) is 1. The zero-order chi connectivity index (χ0) is 23.1. The topological polar surface area (TPSA) is 74.7 Å². The van der Waals surface area contributed by atoms with Gasteiger partial charge in [0.2, 0.25) is 5.91 Å². The maximum atomic E-state index is 13.2. The van der Waals surface area contributed by atoms with E-state index in [-0.39, 0.29) is 23.3 Å². The molecule has 7 nitrogen and oxygen atoms in total. The van der Waals surface area contributed by atoms with Gasteiger partial charge in [0.1, 0.15) is 5.82 Å². The molecule has 1 aromatic carbocycles. The Morgan fingerprint density at radius 2 is 1.73 bits per heavy atom. The second-order valence-corrected chi connectivity index (χ2v) is 9.53. The van der Waals surface area contributed by atoms with E-state index in [1.165, 1.54) is 30.3 Å². The average Bonchev–Trinajstić information content (AvgIpc) is 2.81. The van der Waals surface area contributed by atoms with Crippen LogP contribution in [-0.2, 0) is 11.3 Å². The summed E-state index contributed by atoms with van der Waals surface area (Å²) in [5.41, 5.74) is 1.88. The van der Waals surface area contributed by atoms with E-state index in [1.807, 2.05) is 9.47 Å². The van der Waals surface area contributed by atoms with Gasteiger partial charge in [-0.1, -0.05) is 0 Å². The van der Waals surface area contributed by atoms with Gasteiger partial charge >= 0.3 is 0 Å². The van der Waals surface area contributed by atoms with Crippen molar-refractivity contribution in [3.05, 3.63) is 63.8 Å². The number of anilines is 1. The second kappa shape index (κ2) is 8.74. The van der Waals surface area contributed by atoms with Crippen molar-refractivity contribution < 1.29 is 14.0 Å². The molecule has 2 fully saturated rings. The smallest absolute Gasteiger partial charge is 0.255 e. The summed E-state index contributed by atoms with van der Waals surface area (Å²) in [6, 6.07) is 9.09. The number of benzene rings is 1. The maximum absolute atomic E-state index is 13.2. The molecule has 3 aliphatic rings. The zero-order valence-electron chi connectivity index (χ0n) is 18.8. The summed E-state index contributed by atoms with van der Waals surface area (Å²) in [5.74, 6) is -0.0251. The summed E-state index contributed by atoms with van der Waals surface area (Å²) < 4.78 is 15.1. The summed E-state index contributed by atoms with van der Waals surface area (Å²) in [7, 11) is 0. The molecule has 1 N–H and O–H groups in total. The predicted molar refractivity (Wildman–Crippen MR) is 123 cm³/mol. The molecule has 2 amide bonds. The summed E-state index contributed by atoms with van der Waals surface area (Å²) in [4.78, 5) is 41.6. The maximum Gasteiger partial charge on any atom is 0.255 e. The van der Waals surface area contributed by atoms with Crippen LogP contribution in [0.15, 0.2) is 41.2 Å². The number of pyridine rings is 1. The lowest BCUT2D eigenvalue weighted by Crippen LogP contribution is -2.53. The summed E-state index contributed by atoms with van der Waals surface area (Å²) in [6.45, 7) is 5.65. The van der Waals surface area contributed by atoms with Crippen molar-refractivity contribution in [2.24, 2.45) is 5.92 Å². The third-order valence-corrected chi connectivity index (χ3v) is 7.40. The van der Waals surface area contributed by atoms with Crippen LogP contribution in [0.5, 0.6) is 0 Å². The Morgan fingerprint density at radius 1 is 1.00 bits per heavy atom. The van der Waals surface area contributed by atoms with Crippen molar-refractivity contribution in [2.75, 3.05) is 31.5 Å². The first kappa shape index (κ1) is 21.8. The highest BCUT2D eigenvalue weighted by Gasteiger charge is 2.39. The van der Waals surface area contributed by atoms with E-state index in [9.17, 15) is 18.8 Å². The Bertz CT molecular complexity index is 1120. The molecule has 2 saturated heterocycles. The quantitative estimate of drug-likeness (QED) is 0.777. The van der Waals surface area contributed by atoms with E-state index in [0.29, 0.717) is 29.8 Å². The number of fused-ring (bicyclic) bond motifs is 4. The van der Waals surface area contributed by atoms with Gasteiger partial charge in [0.25, 0.3) is 11.5 Å². The largest absolute Gasteiger partial charge is 0.343 e. The van der Waals surface area contributed by atoms with Crippen molar-refractivity contribution in [3.8, 4) is 0 Å². The number of halogens is 1. The van der Waals surface area contributed by atoms with Crippen molar-refractivity contribution in [1.82, 2.24) is 14.4 Å². The van der Waals surface area contributed by atoms with Crippen molar-refractivity contribution >= 4 is 17.5 Å². The van der Waals surface area contributed by atoms with Crippen LogP contribution in [0.4, 0.5) is 10.1 Å². The van der Waals surface area contributed by atoms with Gasteiger partial charge in [-0.05, 0) is 55.5 Å². The average molecular weight is 453 g/mol. The fourth-order valence-electron chi connectivity index (χ4n) is 5.80. The molecule has 33 heavy (non-hydrogen) atoms. The number of hydrogen-bond acceptors (Lipinski definition) is 4. The fourth-order valence-corrected chi connectivity index (χ4v) is 5.80. The van der Waals surface area contributed by atoms with Crippen LogP contribution >= 0.6 is 0 Å². The Balaban J connectivity index is 1.37. The SMILES string of the molecule is CC(=O)N1CCC(N2C[C@@H]3C[C@H](C2)c2c(NC(=O)c4ccc(F)cc4)ccc(=O)n2C3)CC1. The van der Waals surface area contributed by atoms with E-state index in [0.717, 1.165) is 51.1 Å². The summed E-state index contributed by atoms with van der Waals surface area (Å²) in [5, 5.41) is 2.97. The molecule has 4 heterocycles. The molecule has 2 atom stereocenters. The number of likely N-dealkylation sites (tertiary alicyclic amines) is 2. The number of nitrogens with one attached hydrogen (secondary N) is 1. The standard InChI is InChI=1S/C25H29FN4O3/c1-16(31)28-10-8-21(9-11-28)29-13-17-12-19(15-29)24-22(6-7-23(32)30(24)14-17)27-25(33)18-2-4-20(26)5-3-18/h2-7,17,19,21H,8-15H2,1H3,(H,27,33)/t17-,19+/m0/s1. The lowest BCUT2D eigenvalue weighted by Gasteiger charge is -2.47. The fraction of sp³-hybridized carbons (Fsp3) is 0.480. The van der Waals surface area contributed by atoms with Gasteiger partial charge in [0.05, 0.1) is 5.69 Å². The van der Waals surface area contributed by atoms with Crippen LogP contribution < -0.4 is 10.9 Å². The van der Waals surface area contributed by atoms with E-state index < -0.39 is 5.82 Å². The lowest BCUT2D eigenvalue weighted by atomic mass is 9.81. The zero-order valence-corrected chi connectivity index (χ0v) is 18.8. The third-order valence-electron chi connectivity index (χ3n) is 7.40. The summed E-state index contributed by atoms with van der Waals surface area (Å²) >= 11 is 0. The number of aromatic nitrogens is 1. The number of carbonyl (C=O) groups excluding carboxylic acids is 2. The van der Waals surface area contributed by atoms with Crippen LogP contribution in [0.25, 0.3) is 0 Å². The van der Waals surface area contributed by atoms with Gasteiger partial charge in [-0.25, -0.2) is 4.39 Å². The first-order valence-corrected chi connectivity index (χ1v) is 11.7. The van der Waals surface area contributed by atoms with Crippen LogP contribution in [0, 0.1) is 11.7 Å². The second-order valence-electron chi connectivity index (χ2n) is 9.53. The highest BCUT2D eigenvalue weighted by molar-refractivity contribution is 6.04. The van der Waals surface area contributed by atoms with Crippen LogP contribution in [-0.4, -0.2) is 58.4 Å². The Kier molecular flexibility index (Phi) is 5.78.